The average Bonchev–Trinajstić information content (AvgIpc) is 1.60. The fraction of sp³-hybridized carbons (Fsp3) is 0.800. The number of aldehydes is 1. The molecule has 0 heterocycles. The van der Waals surface area contributed by atoms with E-state index < -0.39 is 5.92 Å². The van der Waals surface area contributed by atoms with Crippen LogP contribution in [0.2, 0.25) is 0 Å². The Hall–Kier alpha value is -0.470. The molecule has 1 saturated carbocycles. The average molecular weight is 120 g/mol. The maximum absolute atomic E-state index is 11.8. The van der Waals surface area contributed by atoms with Crippen LogP contribution < -0.4 is 0 Å². The van der Waals surface area contributed by atoms with Crippen molar-refractivity contribution in [3.63, 3.8) is 0 Å². The van der Waals surface area contributed by atoms with Crippen LogP contribution in [0.1, 0.15) is 12.8 Å². The molecule has 1 aliphatic carbocycles. The molecule has 1 aliphatic rings. The van der Waals surface area contributed by atoms with Gasteiger partial charge >= 0.3 is 0 Å². The van der Waals surface area contributed by atoms with Gasteiger partial charge in [-0.3, -0.25) is 0 Å². The van der Waals surface area contributed by atoms with Gasteiger partial charge in [0.1, 0.15) is 6.29 Å². The number of carbonyl (C=O) groups excluding carboxylic acids is 1. The van der Waals surface area contributed by atoms with E-state index in [-0.39, 0.29) is 18.8 Å². The Balaban J connectivity index is 2.31. The quantitative estimate of drug-likeness (QED) is 0.475. The zero-order chi connectivity index (χ0) is 6.20. The van der Waals surface area contributed by atoms with Crippen molar-refractivity contribution in [1.29, 1.82) is 0 Å². The lowest BCUT2D eigenvalue weighted by Crippen LogP contribution is -2.35. The second-order valence-electron chi connectivity index (χ2n) is 2.16. The first-order chi connectivity index (χ1) is 3.64. The Morgan fingerprint density at radius 3 is 2.12 bits per heavy atom. The van der Waals surface area contributed by atoms with Crippen LogP contribution in [0.3, 0.4) is 0 Å². The van der Waals surface area contributed by atoms with Crippen molar-refractivity contribution in [2.45, 2.75) is 18.8 Å². The summed E-state index contributed by atoms with van der Waals surface area (Å²) in [5.41, 5.74) is 0. The molecule has 1 nitrogen and oxygen atoms in total. The van der Waals surface area contributed by atoms with E-state index in [1.54, 1.807) is 0 Å². The van der Waals surface area contributed by atoms with Crippen LogP contribution in [0.15, 0.2) is 0 Å². The molecule has 0 amide bonds. The van der Waals surface area contributed by atoms with E-state index in [4.69, 9.17) is 0 Å². The molecule has 0 bridgehead atoms. The predicted octanol–water partition coefficient (Wildman–Crippen LogP) is 1.23. The second kappa shape index (κ2) is 1.50. The smallest absolute Gasteiger partial charge is 0.249 e. The highest BCUT2D eigenvalue weighted by Gasteiger charge is 2.44. The molecular formula is C5H6F2O. The second-order valence-corrected chi connectivity index (χ2v) is 2.16. The van der Waals surface area contributed by atoms with Crippen LogP contribution in [0.5, 0.6) is 0 Å². The third-order valence-corrected chi connectivity index (χ3v) is 1.31. The van der Waals surface area contributed by atoms with Crippen LogP contribution >= 0.6 is 0 Å². The molecule has 0 aromatic heterocycles. The van der Waals surface area contributed by atoms with Crippen molar-refractivity contribution in [2.75, 3.05) is 0 Å². The molecule has 0 radical (unpaired) electrons. The molecule has 1 rings (SSSR count). The fourth-order valence-electron chi connectivity index (χ4n) is 0.804. The van der Waals surface area contributed by atoms with Gasteiger partial charge in [0.25, 0.3) is 0 Å². The van der Waals surface area contributed by atoms with Crippen LogP contribution in [-0.2, 0) is 4.79 Å². The topological polar surface area (TPSA) is 17.1 Å². The maximum atomic E-state index is 11.8. The van der Waals surface area contributed by atoms with E-state index in [0.717, 1.165) is 0 Å². The Labute approximate surface area is 45.7 Å². The van der Waals surface area contributed by atoms with Gasteiger partial charge in [-0.1, -0.05) is 0 Å². The minimum Gasteiger partial charge on any atom is -0.303 e. The lowest BCUT2D eigenvalue weighted by Gasteiger charge is -2.30. The lowest BCUT2D eigenvalue weighted by atomic mass is 9.83. The maximum Gasteiger partial charge on any atom is 0.249 e. The predicted molar refractivity (Wildman–Crippen MR) is 23.7 cm³/mol. The molecular weight excluding hydrogens is 114 g/mol. The first kappa shape index (κ1) is 5.66. The molecule has 0 saturated heterocycles. The van der Waals surface area contributed by atoms with Crippen molar-refractivity contribution in [3.8, 4) is 0 Å². The van der Waals surface area contributed by atoms with Crippen molar-refractivity contribution in [2.24, 2.45) is 5.92 Å². The summed E-state index contributed by atoms with van der Waals surface area (Å²) in [6, 6.07) is 0. The zero-order valence-corrected chi connectivity index (χ0v) is 4.23. The number of carbonyl (C=O) groups is 1. The summed E-state index contributed by atoms with van der Waals surface area (Å²) in [7, 11) is 0. The molecule has 0 unspecified atom stereocenters. The highest BCUT2D eigenvalue weighted by molar-refractivity contribution is 5.55. The van der Waals surface area contributed by atoms with E-state index in [1.165, 1.54) is 0 Å². The van der Waals surface area contributed by atoms with Gasteiger partial charge in [-0.05, 0) is 0 Å². The molecule has 3 heteroatoms. The molecule has 0 N–H and O–H groups in total. The Morgan fingerprint density at radius 2 is 2.00 bits per heavy atom. The van der Waals surface area contributed by atoms with Gasteiger partial charge in [-0.15, -0.1) is 0 Å². The van der Waals surface area contributed by atoms with E-state index >= 15 is 0 Å². The Kier molecular flexibility index (Phi) is 1.06. The summed E-state index contributed by atoms with van der Waals surface area (Å²) in [6.45, 7) is 0. The van der Waals surface area contributed by atoms with Crippen molar-refractivity contribution in [3.05, 3.63) is 0 Å². The number of hydrogen-bond donors (Lipinski definition) is 0. The van der Waals surface area contributed by atoms with Crippen LogP contribution in [0, 0.1) is 5.92 Å². The minimum absolute atomic E-state index is 0.240. The first-order valence-electron chi connectivity index (χ1n) is 2.47. The lowest BCUT2D eigenvalue weighted by molar-refractivity contribution is -0.137. The SMILES string of the molecule is O=CC1CC(F)(F)C1. The molecule has 8 heavy (non-hydrogen) atoms. The van der Waals surface area contributed by atoms with Crippen LogP contribution in [0.4, 0.5) is 8.78 Å². The molecule has 0 atom stereocenters. The molecule has 0 spiro atoms. The summed E-state index contributed by atoms with van der Waals surface area (Å²) >= 11 is 0. The van der Waals surface area contributed by atoms with Gasteiger partial charge < -0.3 is 4.79 Å². The van der Waals surface area contributed by atoms with Crippen LogP contribution in [0.25, 0.3) is 0 Å². The van der Waals surface area contributed by atoms with Crippen LogP contribution in [-0.4, -0.2) is 12.2 Å². The van der Waals surface area contributed by atoms with E-state index in [0.29, 0.717) is 6.29 Å². The molecule has 1 fully saturated rings. The monoisotopic (exact) mass is 120 g/mol. The number of hydrogen-bond acceptors (Lipinski definition) is 1. The number of alkyl halides is 2. The number of rotatable bonds is 1. The summed E-state index contributed by atoms with van der Waals surface area (Å²) in [4.78, 5) is 9.74. The summed E-state index contributed by atoms with van der Waals surface area (Å²) in [5, 5.41) is 0. The summed E-state index contributed by atoms with van der Waals surface area (Å²) in [5.74, 6) is -2.91. The zero-order valence-electron chi connectivity index (χ0n) is 4.23. The standard InChI is InChI=1S/C5H6F2O/c6-5(7)1-4(2-5)3-8/h3-4H,1-2H2. The largest absolute Gasteiger partial charge is 0.303 e. The first-order valence-corrected chi connectivity index (χ1v) is 2.47. The van der Waals surface area contributed by atoms with E-state index in [2.05, 4.69) is 0 Å². The molecule has 46 valence electrons. The normalized spacial score (nSPS) is 26.8. The van der Waals surface area contributed by atoms with E-state index in [1.807, 2.05) is 0 Å². The van der Waals surface area contributed by atoms with Crippen molar-refractivity contribution in [1.82, 2.24) is 0 Å². The van der Waals surface area contributed by atoms with E-state index in [9.17, 15) is 13.6 Å². The van der Waals surface area contributed by atoms with Gasteiger partial charge in [-0.2, -0.15) is 0 Å². The molecule has 0 aromatic carbocycles. The van der Waals surface area contributed by atoms with Gasteiger partial charge in [0.15, 0.2) is 0 Å². The van der Waals surface area contributed by atoms with Gasteiger partial charge in [0, 0.05) is 18.8 Å². The fourth-order valence-corrected chi connectivity index (χ4v) is 0.804. The minimum atomic E-state index is -2.54. The summed E-state index contributed by atoms with van der Waals surface area (Å²) in [6.07, 6.45) is 0.115. The van der Waals surface area contributed by atoms with Gasteiger partial charge in [0.2, 0.25) is 5.92 Å². The molecule has 0 aliphatic heterocycles. The molecule has 0 aromatic rings. The number of halogens is 2. The Bertz CT molecular complexity index is 103. The highest BCUT2D eigenvalue weighted by atomic mass is 19.3. The van der Waals surface area contributed by atoms with Crippen molar-refractivity contribution < 1.29 is 13.6 Å². The van der Waals surface area contributed by atoms with Gasteiger partial charge in [0.05, 0.1) is 0 Å². The third kappa shape index (κ3) is 0.854. The summed E-state index contributed by atoms with van der Waals surface area (Å²) < 4.78 is 23.6. The highest BCUT2D eigenvalue weighted by Crippen LogP contribution is 2.40. The Morgan fingerprint density at radius 1 is 1.50 bits per heavy atom. The van der Waals surface area contributed by atoms with Crippen molar-refractivity contribution >= 4 is 6.29 Å². The third-order valence-electron chi connectivity index (χ3n) is 1.31. The van der Waals surface area contributed by atoms with Gasteiger partial charge in [-0.25, -0.2) is 8.78 Å².